The maximum absolute atomic E-state index is 5.99. The minimum atomic E-state index is 0.418. The van der Waals surface area contributed by atoms with Crippen LogP contribution >= 0.6 is 11.6 Å². The van der Waals surface area contributed by atoms with Crippen molar-refractivity contribution in [1.29, 1.82) is 0 Å². The van der Waals surface area contributed by atoms with Crippen LogP contribution in [-0.4, -0.2) is 35.9 Å². The van der Waals surface area contributed by atoms with Crippen LogP contribution in [0.1, 0.15) is 11.1 Å². The minimum absolute atomic E-state index is 0.418. The van der Waals surface area contributed by atoms with E-state index >= 15 is 0 Å². The standard InChI is InChI=1S/C20H22ClN5O2/c1-13-10-15(21)5-6-16(13)24-20-25-19(12-23-26-20)22-9-8-14-4-7-17(27-2)18(11-14)28-3/h4-7,10-12H,8-9H2,1-3H3,(H2,22,24,25,26). The first-order valence-corrected chi connectivity index (χ1v) is 9.14. The molecule has 0 spiro atoms. The van der Waals surface area contributed by atoms with Crippen molar-refractivity contribution < 1.29 is 9.47 Å². The Morgan fingerprint density at radius 3 is 2.61 bits per heavy atom. The Labute approximate surface area is 169 Å². The van der Waals surface area contributed by atoms with Crippen molar-refractivity contribution in [3.8, 4) is 11.5 Å². The summed E-state index contributed by atoms with van der Waals surface area (Å²) >= 11 is 5.99. The highest BCUT2D eigenvalue weighted by Crippen LogP contribution is 2.27. The Bertz CT molecular complexity index is 952. The number of benzene rings is 2. The van der Waals surface area contributed by atoms with E-state index < -0.39 is 0 Å². The van der Waals surface area contributed by atoms with Gasteiger partial charge in [0.1, 0.15) is 0 Å². The number of ether oxygens (including phenoxy) is 2. The number of nitrogens with zero attached hydrogens (tertiary/aromatic N) is 3. The first-order valence-electron chi connectivity index (χ1n) is 8.76. The number of aromatic nitrogens is 3. The van der Waals surface area contributed by atoms with E-state index in [1.54, 1.807) is 20.4 Å². The number of nitrogens with one attached hydrogen (secondary N) is 2. The molecule has 3 aromatic rings. The lowest BCUT2D eigenvalue weighted by Crippen LogP contribution is -2.09. The molecule has 2 aromatic carbocycles. The van der Waals surface area contributed by atoms with Crippen LogP contribution in [0.25, 0.3) is 0 Å². The molecule has 28 heavy (non-hydrogen) atoms. The van der Waals surface area contributed by atoms with Gasteiger partial charge in [-0.2, -0.15) is 10.1 Å². The average Bonchev–Trinajstić information content (AvgIpc) is 2.70. The van der Waals surface area contributed by atoms with E-state index in [-0.39, 0.29) is 0 Å². The number of anilines is 3. The van der Waals surface area contributed by atoms with Crippen molar-refractivity contribution in [1.82, 2.24) is 15.2 Å². The fraction of sp³-hybridized carbons (Fsp3) is 0.250. The summed E-state index contributed by atoms with van der Waals surface area (Å²) in [4.78, 5) is 4.45. The SMILES string of the molecule is COc1ccc(CCNc2cnnc(Nc3ccc(Cl)cc3C)n2)cc1OC. The van der Waals surface area contributed by atoms with Crippen LogP contribution in [0.5, 0.6) is 11.5 Å². The molecule has 1 heterocycles. The first-order chi connectivity index (χ1) is 13.6. The van der Waals surface area contributed by atoms with Gasteiger partial charge in [-0.3, -0.25) is 0 Å². The highest BCUT2D eigenvalue weighted by atomic mass is 35.5. The Hall–Kier alpha value is -3.06. The predicted octanol–water partition coefficient (Wildman–Crippen LogP) is 4.25. The van der Waals surface area contributed by atoms with E-state index in [1.807, 2.05) is 43.3 Å². The highest BCUT2D eigenvalue weighted by Gasteiger charge is 2.06. The topological polar surface area (TPSA) is 81.2 Å². The van der Waals surface area contributed by atoms with E-state index in [4.69, 9.17) is 21.1 Å². The number of methoxy groups -OCH3 is 2. The lowest BCUT2D eigenvalue weighted by atomic mass is 10.1. The van der Waals surface area contributed by atoms with Crippen molar-refractivity contribution in [3.63, 3.8) is 0 Å². The molecule has 0 atom stereocenters. The Morgan fingerprint density at radius 1 is 1.04 bits per heavy atom. The van der Waals surface area contributed by atoms with E-state index in [1.165, 1.54) is 0 Å². The van der Waals surface area contributed by atoms with Gasteiger partial charge in [-0.25, -0.2) is 0 Å². The smallest absolute Gasteiger partial charge is 0.249 e. The molecule has 7 nitrogen and oxygen atoms in total. The summed E-state index contributed by atoms with van der Waals surface area (Å²) in [6.45, 7) is 2.65. The molecule has 146 valence electrons. The van der Waals surface area contributed by atoms with E-state index in [2.05, 4.69) is 25.8 Å². The summed E-state index contributed by atoms with van der Waals surface area (Å²) < 4.78 is 10.6. The zero-order valence-corrected chi connectivity index (χ0v) is 16.7. The Kier molecular flexibility index (Phi) is 6.49. The maximum Gasteiger partial charge on any atom is 0.249 e. The van der Waals surface area contributed by atoms with Crippen LogP contribution in [0.2, 0.25) is 5.02 Å². The predicted molar refractivity (Wildman–Crippen MR) is 111 cm³/mol. The molecule has 0 aliphatic carbocycles. The second-order valence-electron chi connectivity index (χ2n) is 6.12. The van der Waals surface area contributed by atoms with Gasteiger partial charge in [0.15, 0.2) is 17.3 Å². The largest absolute Gasteiger partial charge is 0.493 e. The highest BCUT2D eigenvalue weighted by molar-refractivity contribution is 6.30. The number of rotatable bonds is 8. The fourth-order valence-corrected chi connectivity index (χ4v) is 2.93. The lowest BCUT2D eigenvalue weighted by molar-refractivity contribution is 0.354. The van der Waals surface area contributed by atoms with Crippen LogP contribution in [0, 0.1) is 6.92 Å². The fourth-order valence-electron chi connectivity index (χ4n) is 2.70. The summed E-state index contributed by atoms with van der Waals surface area (Å²) in [5.41, 5.74) is 3.01. The third kappa shape index (κ3) is 5.01. The number of aryl methyl sites for hydroxylation is 1. The van der Waals surface area contributed by atoms with Crippen LogP contribution in [0.3, 0.4) is 0 Å². The molecular formula is C20H22ClN5O2. The zero-order valence-electron chi connectivity index (χ0n) is 16.0. The van der Waals surface area contributed by atoms with Gasteiger partial charge >= 0.3 is 0 Å². The van der Waals surface area contributed by atoms with E-state index in [9.17, 15) is 0 Å². The quantitative estimate of drug-likeness (QED) is 0.586. The van der Waals surface area contributed by atoms with Gasteiger partial charge in [0.25, 0.3) is 0 Å². The second-order valence-corrected chi connectivity index (χ2v) is 6.55. The normalized spacial score (nSPS) is 10.4. The van der Waals surface area contributed by atoms with Gasteiger partial charge < -0.3 is 20.1 Å². The summed E-state index contributed by atoms with van der Waals surface area (Å²) in [7, 11) is 3.25. The Morgan fingerprint density at radius 2 is 1.86 bits per heavy atom. The van der Waals surface area contributed by atoms with Crippen molar-refractivity contribution in [2.24, 2.45) is 0 Å². The maximum atomic E-state index is 5.99. The molecular weight excluding hydrogens is 378 g/mol. The van der Waals surface area contributed by atoms with Crippen LogP contribution < -0.4 is 20.1 Å². The van der Waals surface area contributed by atoms with Crippen LogP contribution in [0.15, 0.2) is 42.6 Å². The molecule has 0 fully saturated rings. The van der Waals surface area contributed by atoms with Crippen molar-refractivity contribution >= 4 is 29.1 Å². The molecule has 0 aliphatic rings. The van der Waals surface area contributed by atoms with Gasteiger partial charge in [0, 0.05) is 17.3 Å². The molecule has 8 heteroatoms. The van der Waals surface area contributed by atoms with Gasteiger partial charge in [0.05, 0.1) is 20.4 Å². The number of hydrogen-bond acceptors (Lipinski definition) is 7. The third-order valence-corrected chi connectivity index (χ3v) is 4.40. The second kappa shape index (κ2) is 9.23. The third-order valence-electron chi connectivity index (χ3n) is 4.16. The van der Waals surface area contributed by atoms with Gasteiger partial charge in [-0.1, -0.05) is 17.7 Å². The lowest BCUT2D eigenvalue weighted by Gasteiger charge is -2.11. The summed E-state index contributed by atoms with van der Waals surface area (Å²) in [5.74, 6) is 2.49. The molecule has 0 saturated heterocycles. The van der Waals surface area contributed by atoms with Crippen molar-refractivity contribution in [2.75, 3.05) is 31.4 Å². The number of halogens is 1. The summed E-state index contributed by atoms with van der Waals surface area (Å²) in [5, 5.41) is 15.1. The first kappa shape index (κ1) is 19.7. The molecule has 2 N–H and O–H groups in total. The molecule has 1 aromatic heterocycles. The van der Waals surface area contributed by atoms with Gasteiger partial charge in [-0.05, 0) is 54.8 Å². The molecule has 0 radical (unpaired) electrons. The van der Waals surface area contributed by atoms with Gasteiger partial charge in [-0.15, -0.1) is 5.10 Å². The summed E-state index contributed by atoms with van der Waals surface area (Å²) in [6, 6.07) is 11.5. The van der Waals surface area contributed by atoms with E-state index in [0.29, 0.717) is 34.8 Å². The Balaban J connectivity index is 1.60. The molecule has 0 bridgehead atoms. The molecule has 0 saturated carbocycles. The molecule has 0 unspecified atom stereocenters. The van der Waals surface area contributed by atoms with Crippen molar-refractivity contribution in [2.45, 2.75) is 13.3 Å². The summed E-state index contributed by atoms with van der Waals surface area (Å²) in [6.07, 6.45) is 2.39. The number of hydrogen-bond donors (Lipinski definition) is 2. The monoisotopic (exact) mass is 399 g/mol. The average molecular weight is 400 g/mol. The molecule has 3 rings (SSSR count). The van der Waals surface area contributed by atoms with E-state index in [0.717, 1.165) is 23.2 Å². The van der Waals surface area contributed by atoms with Crippen LogP contribution in [-0.2, 0) is 6.42 Å². The minimum Gasteiger partial charge on any atom is -0.493 e. The molecule has 0 amide bonds. The van der Waals surface area contributed by atoms with Crippen molar-refractivity contribution in [3.05, 3.63) is 58.7 Å². The van der Waals surface area contributed by atoms with Gasteiger partial charge in [0.2, 0.25) is 5.95 Å². The zero-order chi connectivity index (χ0) is 19.9. The molecule has 0 aliphatic heterocycles. The van der Waals surface area contributed by atoms with Crippen LogP contribution in [0.4, 0.5) is 17.5 Å².